The van der Waals surface area contributed by atoms with Crippen LogP contribution in [0.15, 0.2) is 71.1 Å². The third-order valence-corrected chi connectivity index (χ3v) is 5.17. The van der Waals surface area contributed by atoms with E-state index >= 15 is 0 Å². The summed E-state index contributed by atoms with van der Waals surface area (Å²) in [5, 5.41) is 3.73. The molecule has 1 aromatic heterocycles. The summed E-state index contributed by atoms with van der Waals surface area (Å²) in [5.74, 6) is 1.63. The van der Waals surface area contributed by atoms with Crippen molar-refractivity contribution >= 4 is 33.3 Å². The van der Waals surface area contributed by atoms with Crippen LogP contribution >= 0.6 is 11.6 Å². The Kier molecular flexibility index (Phi) is 7.84. The second-order valence-electron chi connectivity index (χ2n) is 7.19. The van der Waals surface area contributed by atoms with Crippen molar-refractivity contribution in [2.24, 2.45) is 0 Å². The molecule has 4 rings (SSSR count). The summed E-state index contributed by atoms with van der Waals surface area (Å²) in [7, 11) is -4.94. The highest BCUT2D eigenvalue weighted by molar-refractivity contribution is 6.17. The van der Waals surface area contributed by atoms with E-state index in [1.165, 1.54) is 27.3 Å². The lowest BCUT2D eigenvalue weighted by molar-refractivity contribution is -2.00. The molecule has 0 aliphatic carbocycles. The zero-order chi connectivity index (χ0) is 22.4. The molecule has 0 radical (unpaired) electrons. The van der Waals surface area contributed by atoms with Gasteiger partial charge in [-0.1, -0.05) is 42.0 Å². The van der Waals surface area contributed by atoms with E-state index in [1.807, 2.05) is 0 Å². The number of hydrogen-bond donors (Lipinski definition) is 0. The highest BCUT2D eigenvalue weighted by Crippen LogP contribution is 2.34. The summed E-state index contributed by atoms with van der Waals surface area (Å²) in [6, 6.07) is 23.5. The summed E-state index contributed by atoms with van der Waals surface area (Å²) in [6.45, 7) is 2.10. The second-order valence-corrected chi connectivity index (χ2v) is 8.32. The van der Waals surface area contributed by atoms with Crippen molar-refractivity contribution in [2.45, 2.75) is 26.2 Å². The van der Waals surface area contributed by atoms with E-state index < -0.39 is 10.2 Å². The molecule has 1 heterocycles. The highest BCUT2D eigenvalue weighted by Gasteiger charge is 2.20. The maximum absolute atomic E-state index is 8.49. The number of aryl methyl sites for hydroxylation is 2. The van der Waals surface area contributed by atoms with Gasteiger partial charge in [0.25, 0.3) is 0 Å². The molecule has 0 unspecified atom stereocenters. The van der Waals surface area contributed by atoms with E-state index in [2.05, 4.69) is 73.7 Å². The van der Waals surface area contributed by atoms with E-state index in [1.54, 1.807) is 0 Å². The first-order valence-electron chi connectivity index (χ1n) is 9.78. The van der Waals surface area contributed by atoms with Crippen LogP contribution in [-0.2, 0) is 6.42 Å². The molecule has 5 nitrogen and oxygen atoms in total. The van der Waals surface area contributed by atoms with Crippen LogP contribution in [0.2, 0.25) is 0 Å². The number of hydrogen-bond acceptors (Lipinski definition) is 4. The van der Waals surface area contributed by atoms with Gasteiger partial charge in [-0.25, -0.2) is 23.1 Å². The van der Waals surface area contributed by atoms with Crippen molar-refractivity contribution in [2.75, 3.05) is 5.88 Å². The van der Waals surface area contributed by atoms with Gasteiger partial charge < -0.3 is 0 Å². The summed E-state index contributed by atoms with van der Waals surface area (Å²) in [5.41, 5.74) is 4.65. The molecule has 0 bridgehead atoms. The molecule has 7 heteroatoms. The monoisotopic (exact) mass is 460 g/mol. The summed E-state index contributed by atoms with van der Waals surface area (Å²) in [4.78, 5) is 0. The van der Waals surface area contributed by atoms with Gasteiger partial charge in [0.05, 0.1) is 10.9 Å². The first-order chi connectivity index (χ1) is 14.8. The molecule has 4 aromatic rings. The smallest absolute Gasteiger partial charge is 0.222 e. The third kappa shape index (κ3) is 6.61. The van der Waals surface area contributed by atoms with E-state index in [-0.39, 0.29) is 0 Å². The van der Waals surface area contributed by atoms with Crippen LogP contribution in [-0.4, -0.2) is 5.88 Å². The van der Waals surface area contributed by atoms with Crippen molar-refractivity contribution in [1.29, 1.82) is 0 Å². The van der Waals surface area contributed by atoms with E-state index in [9.17, 15) is 0 Å². The van der Waals surface area contributed by atoms with Crippen LogP contribution in [0.3, 0.4) is 0 Å². The Morgan fingerprint density at radius 2 is 1.55 bits per heavy atom. The predicted octanol–water partition coefficient (Wildman–Crippen LogP) is 2.65. The number of fused-ring (bicyclic) bond motifs is 3. The second kappa shape index (κ2) is 10.4. The fourth-order valence-corrected chi connectivity index (χ4v) is 3.70. The van der Waals surface area contributed by atoms with Crippen LogP contribution in [0.1, 0.15) is 24.0 Å². The molecule has 0 saturated carbocycles. The van der Waals surface area contributed by atoms with Crippen molar-refractivity contribution < 1.29 is 33.3 Å². The van der Waals surface area contributed by atoms with Crippen LogP contribution in [0.25, 0.3) is 33.1 Å². The topological polar surface area (TPSA) is 104 Å². The Bertz CT molecular complexity index is 1150. The Morgan fingerprint density at radius 1 is 0.871 bits per heavy atom. The summed E-state index contributed by atoms with van der Waals surface area (Å²) in [6.07, 6.45) is 3.12. The molecule has 0 N–H and O–H groups in total. The number of alkyl halides is 1. The van der Waals surface area contributed by atoms with Gasteiger partial charge >= 0.3 is 11.3 Å². The number of unbranched alkanes of at least 4 members (excludes halogenated alkanes) is 1. The summed E-state index contributed by atoms with van der Waals surface area (Å²) < 4.78 is 40.3. The van der Waals surface area contributed by atoms with Crippen molar-refractivity contribution in [3.63, 3.8) is 0 Å². The number of rotatable bonds is 5. The van der Waals surface area contributed by atoms with Gasteiger partial charge in [-0.05, 0) is 60.7 Å². The van der Waals surface area contributed by atoms with Gasteiger partial charge in [0.15, 0.2) is 0 Å². The van der Waals surface area contributed by atoms with E-state index in [0.29, 0.717) is 5.88 Å². The highest BCUT2D eigenvalue weighted by atomic mass is 35.7. The van der Waals surface area contributed by atoms with Gasteiger partial charge in [-0.3, -0.25) is 0 Å². The van der Waals surface area contributed by atoms with Gasteiger partial charge in [0.1, 0.15) is 0 Å². The molecule has 0 fully saturated rings. The molecule has 162 valence electrons. The van der Waals surface area contributed by atoms with Crippen molar-refractivity contribution in [3.8, 4) is 11.3 Å². The number of halogens is 2. The predicted molar refractivity (Wildman–Crippen MR) is 112 cm³/mol. The molecular formula is C24H22Cl2O5. The molecule has 3 aromatic carbocycles. The molecule has 0 aliphatic rings. The first kappa shape index (κ1) is 23.4. The van der Waals surface area contributed by atoms with Crippen molar-refractivity contribution in [1.82, 2.24) is 0 Å². The maximum atomic E-state index is 8.49. The Balaban J connectivity index is 0.000000491. The van der Waals surface area contributed by atoms with Gasteiger partial charge in [-0.2, -0.15) is 0 Å². The largest absolute Gasteiger partial charge is 0.361 e. The van der Waals surface area contributed by atoms with Crippen LogP contribution in [0.5, 0.6) is 0 Å². The van der Waals surface area contributed by atoms with Gasteiger partial charge in [-0.15, -0.1) is 21.8 Å². The minimum atomic E-state index is -4.94. The third-order valence-electron chi connectivity index (χ3n) is 4.90. The Morgan fingerprint density at radius 3 is 2.23 bits per heavy atom. The van der Waals surface area contributed by atoms with E-state index in [4.69, 9.17) is 34.7 Å². The van der Waals surface area contributed by atoms with Crippen LogP contribution in [0.4, 0.5) is 0 Å². The molecule has 0 atom stereocenters. The molecule has 31 heavy (non-hydrogen) atoms. The fraction of sp³-hybridized carbons (Fsp3) is 0.208. The van der Waals surface area contributed by atoms with E-state index in [0.717, 1.165) is 36.2 Å². The quantitative estimate of drug-likeness (QED) is 0.197. The Hall–Kier alpha value is -2.25. The minimum Gasteiger partial charge on any atom is -0.222 e. The molecule has 0 spiro atoms. The standard InChI is InChI=1S/C24H22ClO.ClHO4/c1-17-9-11-19(12-10-17)23-16-20(7-4-5-15-25)24-21-8-3-2-6-18(21)13-14-22(24)26-23;2-1(3,4)5/h2-3,6,8-14,16H,4-5,7,15H2,1H3;(H,2,3,4,5)/q+1;/p-1. The van der Waals surface area contributed by atoms with Crippen LogP contribution in [0, 0.1) is 17.2 Å². The molecule has 0 aliphatic heterocycles. The normalized spacial score (nSPS) is 11.4. The van der Waals surface area contributed by atoms with Crippen molar-refractivity contribution in [3.05, 3.63) is 77.9 Å². The lowest BCUT2D eigenvalue weighted by atomic mass is 9.97. The molecule has 0 saturated heterocycles. The first-order valence-corrected chi connectivity index (χ1v) is 11.6. The fourth-order valence-electron chi connectivity index (χ4n) is 3.51. The maximum Gasteiger partial charge on any atom is 0.361 e. The van der Waals surface area contributed by atoms with Gasteiger partial charge in [0, 0.05) is 18.0 Å². The molecular weight excluding hydrogens is 439 g/mol. The zero-order valence-corrected chi connectivity index (χ0v) is 18.5. The Labute approximate surface area is 187 Å². The molecule has 0 amide bonds. The summed E-state index contributed by atoms with van der Waals surface area (Å²) >= 11 is 5.90. The van der Waals surface area contributed by atoms with Gasteiger partial charge in [0.2, 0.25) is 0 Å². The average molecular weight is 461 g/mol. The zero-order valence-electron chi connectivity index (χ0n) is 17.0. The van der Waals surface area contributed by atoms with Crippen LogP contribution < -0.4 is 18.6 Å². The lowest BCUT2D eigenvalue weighted by Crippen LogP contribution is -2.68. The average Bonchev–Trinajstić information content (AvgIpc) is 2.73. The number of benzene rings is 3. The SMILES string of the molecule is Cc1ccc(-c2cc(CCCCCl)c3c(ccc4ccccc43)[o+]2)cc1.[O-][Cl+3]([O-])([O-])[O-]. The lowest BCUT2D eigenvalue weighted by Gasteiger charge is -2.17. The minimum absolute atomic E-state index is 0.709.